The van der Waals surface area contributed by atoms with E-state index >= 15 is 0 Å². The number of nitrogens with one attached hydrogen (secondary N) is 1. The van der Waals surface area contributed by atoms with Crippen LogP contribution in [0.2, 0.25) is 5.02 Å². The molecule has 0 heterocycles. The van der Waals surface area contributed by atoms with Crippen molar-refractivity contribution in [2.75, 3.05) is 11.9 Å². The van der Waals surface area contributed by atoms with Crippen LogP contribution in [0, 0.1) is 15.9 Å². The average molecular weight is 353 g/mol. The third-order valence-corrected chi connectivity index (χ3v) is 3.14. The Morgan fingerprint density at radius 2 is 2.00 bits per heavy atom. The number of non-ortho nitro benzene ring substituents is 1. The van der Waals surface area contributed by atoms with E-state index < -0.39 is 29.2 Å². The minimum Gasteiger partial charge on any atom is -0.452 e. The van der Waals surface area contributed by atoms with E-state index in [0.29, 0.717) is 0 Å². The third kappa shape index (κ3) is 4.50. The van der Waals surface area contributed by atoms with Crippen molar-refractivity contribution in [1.82, 2.24) is 0 Å². The van der Waals surface area contributed by atoms with Crippen molar-refractivity contribution >= 4 is 34.9 Å². The number of carbonyl (C=O) groups excluding carboxylic acids is 2. The van der Waals surface area contributed by atoms with Crippen LogP contribution < -0.4 is 5.32 Å². The smallest absolute Gasteiger partial charge is 0.338 e. The fourth-order valence-electron chi connectivity index (χ4n) is 1.74. The van der Waals surface area contributed by atoms with Gasteiger partial charge in [-0.3, -0.25) is 14.9 Å². The number of nitro benzene ring substituents is 1. The lowest BCUT2D eigenvalue weighted by atomic mass is 10.2. The lowest BCUT2D eigenvalue weighted by molar-refractivity contribution is -0.384. The summed E-state index contributed by atoms with van der Waals surface area (Å²) >= 11 is 5.82. The van der Waals surface area contributed by atoms with Crippen LogP contribution in [0.4, 0.5) is 15.8 Å². The van der Waals surface area contributed by atoms with Crippen molar-refractivity contribution in [3.8, 4) is 0 Å². The summed E-state index contributed by atoms with van der Waals surface area (Å²) in [7, 11) is 0. The van der Waals surface area contributed by atoms with Gasteiger partial charge >= 0.3 is 5.97 Å². The number of amides is 1. The summed E-state index contributed by atoms with van der Waals surface area (Å²) < 4.78 is 17.7. The third-order valence-electron chi connectivity index (χ3n) is 2.83. The molecule has 1 amide bonds. The maximum Gasteiger partial charge on any atom is 0.338 e. The zero-order chi connectivity index (χ0) is 17.7. The standard InChI is InChI=1S/C15H10ClFN2O5/c16-12-7-11(19(22)23)4-5-13(12)18-14(20)8-24-15(21)9-2-1-3-10(17)6-9/h1-7H,8H2,(H,18,20). The van der Waals surface area contributed by atoms with E-state index in [1.54, 1.807) is 0 Å². The van der Waals surface area contributed by atoms with Gasteiger partial charge < -0.3 is 10.1 Å². The summed E-state index contributed by atoms with van der Waals surface area (Å²) in [5.41, 5.74) is -0.124. The van der Waals surface area contributed by atoms with Gasteiger partial charge in [0.15, 0.2) is 6.61 Å². The largest absolute Gasteiger partial charge is 0.452 e. The second kappa shape index (κ2) is 7.51. The van der Waals surface area contributed by atoms with Crippen LogP contribution in [0.15, 0.2) is 42.5 Å². The van der Waals surface area contributed by atoms with E-state index in [1.807, 2.05) is 0 Å². The predicted octanol–water partition coefficient (Wildman–Crippen LogP) is 3.18. The molecule has 9 heteroatoms. The number of nitro groups is 1. The lowest BCUT2D eigenvalue weighted by Crippen LogP contribution is -2.21. The number of nitrogens with zero attached hydrogens (tertiary/aromatic N) is 1. The Bertz CT molecular complexity index is 812. The molecule has 24 heavy (non-hydrogen) atoms. The molecule has 0 aromatic heterocycles. The zero-order valence-corrected chi connectivity index (χ0v) is 12.7. The maximum atomic E-state index is 13.0. The van der Waals surface area contributed by atoms with Crippen LogP contribution >= 0.6 is 11.6 Å². The molecule has 7 nitrogen and oxygen atoms in total. The Hall–Kier alpha value is -3.00. The molecule has 2 aromatic rings. The molecule has 0 aliphatic rings. The predicted molar refractivity (Wildman–Crippen MR) is 83.4 cm³/mol. The SMILES string of the molecule is O=C(COC(=O)c1cccc(F)c1)Nc1ccc([N+](=O)[O-])cc1Cl. The first-order chi connectivity index (χ1) is 11.4. The highest BCUT2D eigenvalue weighted by molar-refractivity contribution is 6.34. The van der Waals surface area contributed by atoms with E-state index in [2.05, 4.69) is 5.32 Å². The fourth-order valence-corrected chi connectivity index (χ4v) is 1.96. The Balaban J connectivity index is 1.94. The van der Waals surface area contributed by atoms with Crippen molar-refractivity contribution in [3.63, 3.8) is 0 Å². The molecule has 0 fully saturated rings. The van der Waals surface area contributed by atoms with Gasteiger partial charge in [0.25, 0.3) is 11.6 Å². The highest BCUT2D eigenvalue weighted by Crippen LogP contribution is 2.26. The van der Waals surface area contributed by atoms with Gasteiger partial charge in [-0.15, -0.1) is 0 Å². The Morgan fingerprint density at radius 3 is 2.62 bits per heavy atom. The number of hydrogen-bond donors (Lipinski definition) is 1. The summed E-state index contributed by atoms with van der Waals surface area (Å²) in [5, 5.41) is 12.9. The number of halogens is 2. The van der Waals surface area contributed by atoms with Gasteiger partial charge in [0, 0.05) is 12.1 Å². The quantitative estimate of drug-likeness (QED) is 0.506. The lowest BCUT2D eigenvalue weighted by Gasteiger charge is -2.08. The number of esters is 1. The van der Waals surface area contributed by atoms with Gasteiger partial charge in [-0.05, 0) is 24.3 Å². The highest BCUT2D eigenvalue weighted by Gasteiger charge is 2.14. The van der Waals surface area contributed by atoms with E-state index in [-0.39, 0.29) is 22.0 Å². The monoisotopic (exact) mass is 352 g/mol. The van der Waals surface area contributed by atoms with Crippen molar-refractivity contribution in [2.24, 2.45) is 0 Å². The van der Waals surface area contributed by atoms with Gasteiger partial charge in [0.1, 0.15) is 5.82 Å². The van der Waals surface area contributed by atoms with Crippen LogP contribution in [-0.4, -0.2) is 23.4 Å². The van der Waals surface area contributed by atoms with Crippen LogP contribution in [0.5, 0.6) is 0 Å². The molecular formula is C15H10ClFN2O5. The normalized spacial score (nSPS) is 10.1. The van der Waals surface area contributed by atoms with E-state index in [4.69, 9.17) is 16.3 Å². The van der Waals surface area contributed by atoms with Crippen molar-refractivity contribution in [1.29, 1.82) is 0 Å². The molecule has 0 radical (unpaired) electrons. The molecule has 2 rings (SSSR count). The van der Waals surface area contributed by atoms with Crippen LogP contribution in [-0.2, 0) is 9.53 Å². The molecule has 0 aliphatic carbocycles. The van der Waals surface area contributed by atoms with Gasteiger partial charge in [0.2, 0.25) is 0 Å². The van der Waals surface area contributed by atoms with Crippen LogP contribution in [0.25, 0.3) is 0 Å². The van der Waals surface area contributed by atoms with Gasteiger partial charge in [-0.25, -0.2) is 9.18 Å². The van der Waals surface area contributed by atoms with E-state index in [9.17, 15) is 24.1 Å². The highest BCUT2D eigenvalue weighted by atomic mass is 35.5. The number of ether oxygens (including phenoxy) is 1. The summed E-state index contributed by atoms with van der Waals surface area (Å²) in [6, 6.07) is 8.33. The Labute approximate surface area is 140 Å². The molecule has 124 valence electrons. The molecule has 0 atom stereocenters. The van der Waals surface area contributed by atoms with E-state index in [1.165, 1.54) is 30.3 Å². The summed E-state index contributed by atoms with van der Waals surface area (Å²) in [6.45, 7) is -0.622. The maximum absolute atomic E-state index is 13.0. The second-order valence-corrected chi connectivity index (χ2v) is 4.96. The molecule has 2 aromatic carbocycles. The fraction of sp³-hybridized carbons (Fsp3) is 0.0667. The van der Waals surface area contributed by atoms with Gasteiger partial charge in [-0.2, -0.15) is 0 Å². The minimum atomic E-state index is -0.862. The molecule has 0 aliphatic heterocycles. The van der Waals surface area contributed by atoms with Crippen molar-refractivity contribution in [2.45, 2.75) is 0 Å². The number of anilines is 1. The van der Waals surface area contributed by atoms with Gasteiger partial charge in [-0.1, -0.05) is 17.7 Å². The summed E-state index contributed by atoms with van der Waals surface area (Å²) in [5.74, 6) is -2.17. The topological polar surface area (TPSA) is 98.5 Å². The molecule has 0 spiro atoms. The summed E-state index contributed by atoms with van der Waals surface area (Å²) in [4.78, 5) is 33.4. The molecule has 0 bridgehead atoms. The first-order valence-electron chi connectivity index (χ1n) is 6.53. The second-order valence-electron chi connectivity index (χ2n) is 4.56. The van der Waals surface area contributed by atoms with E-state index in [0.717, 1.165) is 12.1 Å². The summed E-state index contributed by atoms with van der Waals surface area (Å²) in [6.07, 6.45) is 0. The Kier molecular flexibility index (Phi) is 5.43. The number of carbonyl (C=O) groups is 2. The van der Waals surface area contributed by atoms with Crippen LogP contribution in [0.1, 0.15) is 10.4 Å². The average Bonchev–Trinajstić information content (AvgIpc) is 2.54. The molecule has 0 unspecified atom stereocenters. The number of rotatable bonds is 5. The molecule has 0 saturated carbocycles. The van der Waals surface area contributed by atoms with Crippen molar-refractivity contribution in [3.05, 3.63) is 69.0 Å². The van der Waals surface area contributed by atoms with Crippen molar-refractivity contribution < 1.29 is 23.6 Å². The van der Waals surface area contributed by atoms with Crippen LogP contribution in [0.3, 0.4) is 0 Å². The zero-order valence-electron chi connectivity index (χ0n) is 12.0. The first kappa shape index (κ1) is 17.4. The molecule has 0 saturated heterocycles. The number of benzene rings is 2. The molecular weight excluding hydrogens is 343 g/mol. The minimum absolute atomic E-state index is 0.0313. The first-order valence-corrected chi connectivity index (χ1v) is 6.91. The number of hydrogen-bond acceptors (Lipinski definition) is 5. The molecule has 1 N–H and O–H groups in total. The Morgan fingerprint density at radius 1 is 1.25 bits per heavy atom. The van der Waals surface area contributed by atoms with Gasteiger partial charge in [0.05, 0.1) is 21.2 Å².